The smallest absolute Gasteiger partial charge is 0.138 e. The highest BCUT2D eigenvalue weighted by atomic mass is 16.5. The molecule has 0 aliphatic rings. The molecule has 2 rings (SSSR count). The molecule has 0 fully saturated rings. The zero-order chi connectivity index (χ0) is 14.6. The van der Waals surface area contributed by atoms with E-state index >= 15 is 0 Å². The zero-order valence-corrected chi connectivity index (χ0v) is 12.3. The Kier molecular flexibility index (Phi) is 4.39. The minimum Gasteiger partial charge on any atom is -0.496 e. The summed E-state index contributed by atoms with van der Waals surface area (Å²) in [6.45, 7) is 4.97. The second-order valence-corrected chi connectivity index (χ2v) is 5.19. The van der Waals surface area contributed by atoms with Crippen LogP contribution in [0.1, 0.15) is 31.7 Å². The second kappa shape index (κ2) is 6.05. The largest absolute Gasteiger partial charge is 0.496 e. The van der Waals surface area contributed by atoms with E-state index in [0.717, 1.165) is 30.1 Å². The standard InChI is InChI=1S/C15H22N4O/c1-4-9-19-14(17-11-18-19)10-15(2,16)12-7-5-6-8-13(12)20-3/h5-8,11H,4,9-10,16H2,1-3H3. The van der Waals surface area contributed by atoms with Crippen LogP contribution in [0.2, 0.25) is 0 Å². The fourth-order valence-corrected chi connectivity index (χ4v) is 2.36. The van der Waals surface area contributed by atoms with Gasteiger partial charge in [0.2, 0.25) is 0 Å². The van der Waals surface area contributed by atoms with Gasteiger partial charge >= 0.3 is 0 Å². The molecule has 108 valence electrons. The third-order valence-electron chi connectivity index (χ3n) is 3.38. The molecule has 0 saturated heterocycles. The number of benzene rings is 1. The molecule has 0 amide bonds. The summed E-state index contributed by atoms with van der Waals surface area (Å²) in [6.07, 6.45) is 3.23. The normalized spacial score (nSPS) is 14.0. The number of ether oxygens (including phenoxy) is 1. The SMILES string of the molecule is CCCn1ncnc1CC(C)(N)c1ccccc1OC. The van der Waals surface area contributed by atoms with Crippen molar-refractivity contribution in [3.63, 3.8) is 0 Å². The number of methoxy groups -OCH3 is 1. The Balaban J connectivity index is 2.28. The lowest BCUT2D eigenvalue weighted by Gasteiger charge is -2.26. The van der Waals surface area contributed by atoms with Crippen LogP contribution in [0.5, 0.6) is 5.75 Å². The van der Waals surface area contributed by atoms with Gasteiger partial charge in [0.25, 0.3) is 0 Å². The van der Waals surface area contributed by atoms with Crippen molar-refractivity contribution in [2.45, 2.75) is 38.8 Å². The highest BCUT2D eigenvalue weighted by Gasteiger charge is 2.27. The van der Waals surface area contributed by atoms with Crippen LogP contribution in [0.4, 0.5) is 0 Å². The average molecular weight is 274 g/mol. The molecule has 1 heterocycles. The number of para-hydroxylation sites is 1. The fourth-order valence-electron chi connectivity index (χ4n) is 2.36. The molecular weight excluding hydrogens is 252 g/mol. The van der Waals surface area contributed by atoms with Crippen molar-refractivity contribution in [1.82, 2.24) is 14.8 Å². The summed E-state index contributed by atoms with van der Waals surface area (Å²) in [5.74, 6) is 1.71. The maximum atomic E-state index is 6.51. The van der Waals surface area contributed by atoms with Gasteiger partial charge in [-0.2, -0.15) is 5.10 Å². The molecule has 0 aliphatic heterocycles. The van der Waals surface area contributed by atoms with E-state index in [1.807, 2.05) is 35.9 Å². The monoisotopic (exact) mass is 274 g/mol. The first-order valence-corrected chi connectivity index (χ1v) is 6.87. The molecule has 5 heteroatoms. The molecule has 0 radical (unpaired) electrons. The molecule has 2 N–H and O–H groups in total. The van der Waals surface area contributed by atoms with Crippen LogP contribution in [0.25, 0.3) is 0 Å². The van der Waals surface area contributed by atoms with Crippen molar-refractivity contribution in [1.29, 1.82) is 0 Å². The number of hydrogen-bond acceptors (Lipinski definition) is 4. The topological polar surface area (TPSA) is 66.0 Å². The lowest BCUT2D eigenvalue weighted by molar-refractivity contribution is 0.380. The summed E-state index contributed by atoms with van der Waals surface area (Å²) in [6, 6.07) is 7.84. The minimum absolute atomic E-state index is 0.550. The Bertz CT molecular complexity index is 563. The van der Waals surface area contributed by atoms with Crippen LogP contribution >= 0.6 is 0 Å². The van der Waals surface area contributed by atoms with Crippen LogP contribution in [-0.2, 0) is 18.5 Å². The Hall–Kier alpha value is -1.88. The molecular formula is C15H22N4O. The van der Waals surface area contributed by atoms with Gasteiger partial charge in [0.1, 0.15) is 17.9 Å². The summed E-state index contributed by atoms with van der Waals surface area (Å²) in [7, 11) is 1.66. The predicted octanol–water partition coefficient (Wildman–Crippen LogP) is 2.11. The van der Waals surface area contributed by atoms with E-state index in [1.165, 1.54) is 0 Å². The Morgan fingerprint density at radius 3 is 2.80 bits per heavy atom. The van der Waals surface area contributed by atoms with Crippen molar-refractivity contribution in [3.8, 4) is 5.75 Å². The van der Waals surface area contributed by atoms with Gasteiger partial charge in [-0.1, -0.05) is 25.1 Å². The lowest BCUT2D eigenvalue weighted by atomic mass is 9.88. The number of nitrogens with two attached hydrogens (primary N) is 1. The predicted molar refractivity (Wildman–Crippen MR) is 78.6 cm³/mol. The molecule has 1 aromatic heterocycles. The van der Waals surface area contributed by atoms with E-state index < -0.39 is 5.54 Å². The molecule has 20 heavy (non-hydrogen) atoms. The van der Waals surface area contributed by atoms with Crippen LogP contribution in [0.15, 0.2) is 30.6 Å². The van der Waals surface area contributed by atoms with Crippen molar-refractivity contribution in [2.75, 3.05) is 7.11 Å². The number of aryl methyl sites for hydroxylation is 1. The molecule has 1 atom stereocenters. The van der Waals surface area contributed by atoms with Crippen molar-refractivity contribution in [3.05, 3.63) is 42.0 Å². The average Bonchev–Trinajstić information content (AvgIpc) is 2.86. The van der Waals surface area contributed by atoms with Crippen molar-refractivity contribution >= 4 is 0 Å². The quantitative estimate of drug-likeness (QED) is 0.876. The van der Waals surface area contributed by atoms with Gasteiger partial charge in [0.15, 0.2) is 0 Å². The molecule has 2 aromatic rings. The molecule has 0 spiro atoms. The molecule has 5 nitrogen and oxygen atoms in total. The molecule has 0 bridgehead atoms. The Morgan fingerprint density at radius 2 is 2.10 bits per heavy atom. The van der Waals surface area contributed by atoms with Crippen LogP contribution in [-0.4, -0.2) is 21.9 Å². The van der Waals surface area contributed by atoms with E-state index in [0.29, 0.717) is 6.42 Å². The van der Waals surface area contributed by atoms with Crippen molar-refractivity contribution < 1.29 is 4.74 Å². The van der Waals surface area contributed by atoms with Gasteiger partial charge in [-0.15, -0.1) is 0 Å². The first-order valence-electron chi connectivity index (χ1n) is 6.87. The molecule has 1 unspecified atom stereocenters. The van der Waals surface area contributed by atoms with E-state index in [2.05, 4.69) is 17.0 Å². The maximum absolute atomic E-state index is 6.51. The number of nitrogens with zero attached hydrogens (tertiary/aromatic N) is 3. The zero-order valence-electron chi connectivity index (χ0n) is 12.3. The fraction of sp³-hybridized carbons (Fsp3) is 0.467. The third kappa shape index (κ3) is 2.99. The van der Waals surface area contributed by atoms with Gasteiger partial charge in [0, 0.05) is 24.1 Å². The first kappa shape index (κ1) is 14.5. The molecule has 0 saturated carbocycles. The maximum Gasteiger partial charge on any atom is 0.138 e. The second-order valence-electron chi connectivity index (χ2n) is 5.19. The highest BCUT2D eigenvalue weighted by Crippen LogP contribution is 2.30. The van der Waals surface area contributed by atoms with Gasteiger partial charge < -0.3 is 10.5 Å². The first-order chi connectivity index (χ1) is 9.58. The minimum atomic E-state index is -0.550. The Labute approximate surface area is 119 Å². The molecule has 1 aromatic carbocycles. The van der Waals surface area contributed by atoms with Crippen LogP contribution in [0.3, 0.4) is 0 Å². The number of hydrogen-bond donors (Lipinski definition) is 1. The molecule has 0 aliphatic carbocycles. The van der Waals surface area contributed by atoms with Crippen LogP contribution < -0.4 is 10.5 Å². The van der Waals surface area contributed by atoms with Gasteiger partial charge in [-0.3, -0.25) is 4.68 Å². The van der Waals surface area contributed by atoms with Gasteiger partial charge in [-0.05, 0) is 19.4 Å². The Morgan fingerprint density at radius 1 is 1.35 bits per heavy atom. The van der Waals surface area contributed by atoms with Crippen molar-refractivity contribution in [2.24, 2.45) is 5.73 Å². The number of aromatic nitrogens is 3. The highest BCUT2D eigenvalue weighted by molar-refractivity contribution is 5.39. The summed E-state index contributed by atoms with van der Waals surface area (Å²) >= 11 is 0. The summed E-state index contributed by atoms with van der Waals surface area (Å²) in [5.41, 5.74) is 6.94. The number of rotatable bonds is 6. The van der Waals surface area contributed by atoms with E-state index in [-0.39, 0.29) is 0 Å². The summed E-state index contributed by atoms with van der Waals surface area (Å²) in [5, 5.41) is 4.25. The third-order valence-corrected chi connectivity index (χ3v) is 3.38. The van der Waals surface area contributed by atoms with E-state index in [9.17, 15) is 0 Å². The van der Waals surface area contributed by atoms with E-state index in [1.54, 1.807) is 13.4 Å². The lowest BCUT2D eigenvalue weighted by Crippen LogP contribution is -2.37. The van der Waals surface area contributed by atoms with Crippen LogP contribution in [0, 0.1) is 0 Å². The summed E-state index contributed by atoms with van der Waals surface area (Å²) in [4.78, 5) is 4.33. The van der Waals surface area contributed by atoms with Gasteiger partial charge in [-0.25, -0.2) is 4.98 Å². The summed E-state index contributed by atoms with van der Waals surface area (Å²) < 4.78 is 7.32. The van der Waals surface area contributed by atoms with E-state index in [4.69, 9.17) is 10.5 Å². The van der Waals surface area contributed by atoms with Gasteiger partial charge in [0.05, 0.1) is 7.11 Å².